The van der Waals surface area contributed by atoms with Gasteiger partial charge in [-0.15, -0.1) is 0 Å². The van der Waals surface area contributed by atoms with Crippen molar-refractivity contribution in [3.05, 3.63) is 70.9 Å². The largest absolute Gasteiger partial charge is 0.454 e. The second-order valence-electron chi connectivity index (χ2n) is 9.41. The van der Waals surface area contributed by atoms with Crippen molar-refractivity contribution in [2.45, 2.75) is 62.5 Å². The molecular weight excluding hydrogens is 472 g/mol. The second-order valence-corrected chi connectivity index (χ2v) is 10.4. The van der Waals surface area contributed by atoms with E-state index in [-0.39, 0.29) is 12.7 Å². The molecular formula is C28H32N4O3S. The van der Waals surface area contributed by atoms with Crippen molar-refractivity contribution in [1.29, 1.82) is 0 Å². The van der Waals surface area contributed by atoms with E-state index >= 15 is 0 Å². The first-order chi connectivity index (χ1) is 17.5. The molecule has 7 nitrogen and oxygen atoms in total. The number of aromatic nitrogens is 2. The number of fused-ring (bicyclic) bond motifs is 1. The number of aryl methyl sites for hydroxylation is 1. The highest BCUT2D eigenvalue weighted by Crippen LogP contribution is 2.32. The summed E-state index contributed by atoms with van der Waals surface area (Å²) in [6.45, 7) is 2.68. The zero-order valence-corrected chi connectivity index (χ0v) is 21.6. The van der Waals surface area contributed by atoms with Crippen molar-refractivity contribution in [3.8, 4) is 11.5 Å². The van der Waals surface area contributed by atoms with Gasteiger partial charge >= 0.3 is 0 Å². The van der Waals surface area contributed by atoms with Gasteiger partial charge < -0.3 is 19.7 Å². The predicted molar refractivity (Wildman–Crippen MR) is 142 cm³/mol. The summed E-state index contributed by atoms with van der Waals surface area (Å²) >= 11 is 1.60. The topological polar surface area (TPSA) is 76.6 Å². The minimum Gasteiger partial charge on any atom is -0.454 e. The number of benzene rings is 2. The van der Waals surface area contributed by atoms with Crippen LogP contribution in [0.4, 0.5) is 5.82 Å². The first-order valence-electron chi connectivity index (χ1n) is 12.5. The van der Waals surface area contributed by atoms with Gasteiger partial charge in [-0.2, -0.15) is 0 Å². The van der Waals surface area contributed by atoms with Crippen molar-refractivity contribution >= 4 is 23.5 Å². The Labute approximate surface area is 216 Å². The van der Waals surface area contributed by atoms with Gasteiger partial charge in [0, 0.05) is 42.7 Å². The molecule has 8 heteroatoms. The predicted octanol–water partition coefficient (Wildman–Crippen LogP) is 5.50. The summed E-state index contributed by atoms with van der Waals surface area (Å²) < 4.78 is 10.8. The lowest BCUT2D eigenvalue weighted by atomic mass is 9.94. The smallest absolute Gasteiger partial charge is 0.251 e. The van der Waals surface area contributed by atoms with Gasteiger partial charge in [-0.25, -0.2) is 9.97 Å². The number of hydrogen-bond acceptors (Lipinski definition) is 7. The van der Waals surface area contributed by atoms with Crippen LogP contribution in [0, 0.1) is 6.92 Å². The van der Waals surface area contributed by atoms with Crippen molar-refractivity contribution in [2.75, 3.05) is 18.7 Å². The van der Waals surface area contributed by atoms with Crippen LogP contribution < -0.4 is 19.7 Å². The number of thioether (sulfide) groups is 1. The molecule has 2 heterocycles. The number of amides is 1. The third-order valence-electron chi connectivity index (χ3n) is 6.75. The molecule has 1 aliphatic heterocycles. The van der Waals surface area contributed by atoms with E-state index < -0.39 is 0 Å². The minimum absolute atomic E-state index is 0.109. The van der Waals surface area contributed by atoms with Crippen LogP contribution in [-0.2, 0) is 12.3 Å². The lowest BCUT2D eigenvalue weighted by Crippen LogP contribution is -2.34. The SMILES string of the molecule is Cc1cc(N(C)C2CCCCC2)nc(SCc2cccc(C(=O)NCc3ccc4c(c3)OCO4)c2)n1. The molecule has 1 fully saturated rings. The molecule has 0 atom stereocenters. The number of carbonyl (C=O) groups excluding carboxylic acids is 1. The normalized spacial score (nSPS) is 15.1. The van der Waals surface area contributed by atoms with Crippen molar-refractivity contribution < 1.29 is 14.3 Å². The van der Waals surface area contributed by atoms with Gasteiger partial charge in [0.15, 0.2) is 16.7 Å². The molecule has 1 aliphatic carbocycles. The molecule has 0 saturated heterocycles. The number of ether oxygens (including phenoxy) is 2. The van der Waals surface area contributed by atoms with E-state index in [1.54, 1.807) is 11.8 Å². The Morgan fingerprint density at radius 2 is 1.86 bits per heavy atom. The molecule has 1 saturated carbocycles. The van der Waals surface area contributed by atoms with Crippen LogP contribution in [0.3, 0.4) is 0 Å². The van der Waals surface area contributed by atoms with Gasteiger partial charge in [0.2, 0.25) is 6.79 Å². The molecule has 1 N–H and O–H groups in total. The Hall–Kier alpha value is -3.26. The molecule has 0 bridgehead atoms. The number of hydrogen-bond donors (Lipinski definition) is 1. The highest BCUT2D eigenvalue weighted by atomic mass is 32.2. The Balaban J connectivity index is 1.19. The monoisotopic (exact) mass is 504 g/mol. The van der Waals surface area contributed by atoms with Gasteiger partial charge in [0.25, 0.3) is 5.91 Å². The molecule has 188 valence electrons. The lowest BCUT2D eigenvalue weighted by molar-refractivity contribution is 0.0950. The van der Waals surface area contributed by atoms with Gasteiger partial charge in [-0.1, -0.05) is 49.2 Å². The molecule has 36 heavy (non-hydrogen) atoms. The van der Waals surface area contributed by atoms with E-state index in [1.165, 1.54) is 32.1 Å². The highest BCUT2D eigenvalue weighted by molar-refractivity contribution is 7.98. The maximum atomic E-state index is 12.8. The summed E-state index contributed by atoms with van der Waals surface area (Å²) in [6.07, 6.45) is 6.38. The first-order valence-corrected chi connectivity index (χ1v) is 13.5. The number of nitrogens with zero attached hydrogens (tertiary/aromatic N) is 3. The molecule has 1 amide bonds. The Kier molecular flexibility index (Phi) is 7.60. The van der Waals surface area contributed by atoms with Crippen LogP contribution in [0.1, 0.15) is 59.3 Å². The molecule has 5 rings (SSSR count). The molecule has 0 unspecified atom stereocenters. The third kappa shape index (κ3) is 5.93. The van der Waals surface area contributed by atoms with Gasteiger partial charge in [0.1, 0.15) is 5.82 Å². The Morgan fingerprint density at radius 1 is 1.03 bits per heavy atom. The summed E-state index contributed by atoms with van der Waals surface area (Å²) in [5.41, 5.74) is 3.63. The zero-order chi connectivity index (χ0) is 24.9. The fourth-order valence-corrected chi connectivity index (χ4v) is 5.55. The van der Waals surface area contributed by atoms with Crippen LogP contribution in [0.2, 0.25) is 0 Å². The summed E-state index contributed by atoms with van der Waals surface area (Å²) in [5.74, 6) is 3.03. The van der Waals surface area contributed by atoms with E-state index in [0.29, 0.717) is 29.7 Å². The summed E-state index contributed by atoms with van der Waals surface area (Å²) in [6, 6.07) is 16.1. The van der Waals surface area contributed by atoms with Crippen LogP contribution >= 0.6 is 11.8 Å². The number of anilines is 1. The van der Waals surface area contributed by atoms with Crippen LogP contribution in [0.15, 0.2) is 53.7 Å². The van der Waals surface area contributed by atoms with Crippen LogP contribution in [-0.4, -0.2) is 35.8 Å². The second kappa shape index (κ2) is 11.2. The molecule has 1 aromatic heterocycles. The van der Waals surface area contributed by atoms with Gasteiger partial charge in [-0.3, -0.25) is 4.79 Å². The van der Waals surface area contributed by atoms with E-state index in [0.717, 1.165) is 33.5 Å². The quantitative estimate of drug-likeness (QED) is 0.320. The Morgan fingerprint density at radius 3 is 2.72 bits per heavy atom. The van der Waals surface area contributed by atoms with Crippen LogP contribution in [0.25, 0.3) is 0 Å². The average molecular weight is 505 g/mol. The minimum atomic E-state index is -0.109. The maximum absolute atomic E-state index is 12.8. The summed E-state index contributed by atoms with van der Waals surface area (Å²) in [4.78, 5) is 24.6. The van der Waals surface area contributed by atoms with Gasteiger partial charge in [-0.05, 0) is 55.2 Å². The van der Waals surface area contributed by atoms with E-state index in [2.05, 4.69) is 28.3 Å². The summed E-state index contributed by atoms with van der Waals surface area (Å²) in [5, 5.41) is 3.76. The lowest BCUT2D eigenvalue weighted by Gasteiger charge is -2.32. The number of rotatable bonds is 8. The Bertz CT molecular complexity index is 1230. The third-order valence-corrected chi connectivity index (χ3v) is 7.67. The first kappa shape index (κ1) is 24.4. The molecule has 0 spiro atoms. The van der Waals surface area contributed by atoms with Crippen molar-refractivity contribution in [3.63, 3.8) is 0 Å². The molecule has 3 aromatic rings. The average Bonchev–Trinajstić information content (AvgIpc) is 3.38. The molecule has 0 radical (unpaired) electrons. The fraction of sp³-hybridized carbons (Fsp3) is 0.393. The van der Waals surface area contributed by atoms with E-state index in [1.807, 2.05) is 49.4 Å². The van der Waals surface area contributed by atoms with E-state index in [4.69, 9.17) is 14.5 Å². The fourth-order valence-electron chi connectivity index (χ4n) is 4.71. The maximum Gasteiger partial charge on any atom is 0.251 e. The number of carbonyl (C=O) groups is 1. The van der Waals surface area contributed by atoms with Crippen LogP contribution in [0.5, 0.6) is 11.5 Å². The highest BCUT2D eigenvalue weighted by Gasteiger charge is 2.20. The zero-order valence-electron chi connectivity index (χ0n) is 20.8. The number of nitrogens with one attached hydrogen (secondary N) is 1. The molecule has 2 aromatic carbocycles. The van der Waals surface area contributed by atoms with Gasteiger partial charge in [0.05, 0.1) is 0 Å². The van der Waals surface area contributed by atoms with Crippen molar-refractivity contribution in [1.82, 2.24) is 15.3 Å². The standard InChI is InChI=1S/C28H32N4O3S/c1-19-13-26(32(2)23-9-4-3-5-10-23)31-28(30-19)36-17-21-7-6-8-22(14-21)27(33)29-16-20-11-12-24-25(15-20)35-18-34-24/h6-8,11-15,23H,3-5,9-10,16-18H2,1-2H3,(H,29,33). The molecule has 2 aliphatic rings. The summed E-state index contributed by atoms with van der Waals surface area (Å²) in [7, 11) is 2.15. The van der Waals surface area contributed by atoms with E-state index in [9.17, 15) is 4.79 Å². The van der Waals surface area contributed by atoms with Crippen molar-refractivity contribution in [2.24, 2.45) is 0 Å².